The molecule has 0 aliphatic carbocycles. The highest BCUT2D eigenvalue weighted by atomic mass is 32.2. The molecule has 0 aliphatic rings. The highest BCUT2D eigenvalue weighted by Gasteiger charge is 2.32. The van der Waals surface area contributed by atoms with E-state index >= 15 is 0 Å². The lowest BCUT2D eigenvalue weighted by atomic mass is 10.1. The quantitative estimate of drug-likeness (QED) is 0.869. The number of hydrogen-bond acceptors (Lipinski definition) is 3. The van der Waals surface area contributed by atoms with Crippen molar-refractivity contribution in [3.8, 4) is 0 Å². The summed E-state index contributed by atoms with van der Waals surface area (Å²) in [6, 6.07) is 3.18. The van der Waals surface area contributed by atoms with Crippen molar-refractivity contribution in [2.45, 2.75) is 31.3 Å². The van der Waals surface area contributed by atoms with Crippen LogP contribution in [0.2, 0.25) is 0 Å². The average molecular weight is 325 g/mol. The molecule has 0 saturated heterocycles. The number of hydrogen-bond donors (Lipinski definition) is 2. The lowest BCUT2D eigenvalue weighted by molar-refractivity contribution is -0.138. The predicted molar refractivity (Wildman–Crippen MR) is 69.0 cm³/mol. The van der Waals surface area contributed by atoms with Gasteiger partial charge in [-0.1, -0.05) is 12.1 Å². The number of alkyl halides is 3. The molecule has 0 aliphatic heterocycles. The van der Waals surface area contributed by atoms with Gasteiger partial charge in [0.2, 0.25) is 10.0 Å². The van der Waals surface area contributed by atoms with E-state index < -0.39 is 39.0 Å². The van der Waals surface area contributed by atoms with Crippen molar-refractivity contribution < 1.29 is 31.5 Å². The number of sulfonamides is 1. The van der Waals surface area contributed by atoms with Crippen molar-refractivity contribution >= 4 is 16.0 Å². The topological polar surface area (TPSA) is 83.5 Å². The Hall–Kier alpha value is -1.61. The number of aliphatic carboxylic acids is 1. The van der Waals surface area contributed by atoms with E-state index in [1.807, 2.05) is 0 Å². The Morgan fingerprint density at radius 2 is 1.86 bits per heavy atom. The summed E-state index contributed by atoms with van der Waals surface area (Å²) in [5.41, 5.74) is -0.816. The SMILES string of the molecule is CC(NS(=O)(=O)C(C)C(=O)O)c1cccc(C(F)(F)F)c1. The number of carboxylic acid groups (broad SMARTS) is 1. The fourth-order valence-electron chi connectivity index (χ4n) is 1.53. The van der Waals surface area contributed by atoms with Gasteiger partial charge in [0.25, 0.3) is 0 Å². The summed E-state index contributed by atoms with van der Waals surface area (Å²) in [4.78, 5) is 10.7. The number of benzene rings is 1. The molecule has 0 bridgehead atoms. The third-order valence-corrected chi connectivity index (χ3v) is 4.68. The monoisotopic (exact) mass is 325 g/mol. The number of rotatable bonds is 5. The van der Waals surface area contributed by atoms with Gasteiger partial charge in [0, 0.05) is 6.04 Å². The minimum absolute atomic E-state index is 0.0889. The first kappa shape index (κ1) is 17.4. The molecule has 0 aromatic heterocycles. The minimum Gasteiger partial charge on any atom is -0.480 e. The van der Waals surface area contributed by atoms with Crippen LogP contribution >= 0.6 is 0 Å². The Morgan fingerprint density at radius 1 is 1.29 bits per heavy atom. The molecular weight excluding hydrogens is 311 g/mol. The maximum absolute atomic E-state index is 12.6. The van der Waals surface area contributed by atoms with Crippen LogP contribution in [0.15, 0.2) is 24.3 Å². The standard InChI is InChI=1S/C12H14F3NO4S/c1-7(16-21(19,20)8(2)11(17)18)9-4-3-5-10(6-9)12(13,14)15/h3-8,16H,1-2H3,(H,17,18). The molecule has 0 amide bonds. The Bertz CT molecular complexity index is 628. The van der Waals surface area contributed by atoms with Gasteiger partial charge in [0.15, 0.2) is 5.25 Å². The lowest BCUT2D eigenvalue weighted by Crippen LogP contribution is -2.38. The van der Waals surface area contributed by atoms with Gasteiger partial charge in [-0.15, -0.1) is 0 Å². The Balaban J connectivity index is 3.00. The molecule has 0 heterocycles. The third-order valence-electron chi connectivity index (χ3n) is 2.87. The van der Waals surface area contributed by atoms with Crippen molar-refractivity contribution in [2.24, 2.45) is 0 Å². The van der Waals surface area contributed by atoms with Gasteiger partial charge < -0.3 is 5.11 Å². The van der Waals surface area contributed by atoms with Gasteiger partial charge in [0.05, 0.1) is 5.56 Å². The van der Waals surface area contributed by atoms with E-state index in [4.69, 9.17) is 5.11 Å². The molecule has 0 fully saturated rings. The highest BCUT2D eigenvalue weighted by Crippen LogP contribution is 2.30. The van der Waals surface area contributed by atoms with Crippen molar-refractivity contribution in [3.63, 3.8) is 0 Å². The second-order valence-corrected chi connectivity index (χ2v) is 6.52. The van der Waals surface area contributed by atoms with Gasteiger partial charge >= 0.3 is 12.1 Å². The predicted octanol–water partition coefficient (Wildman–Crippen LogP) is 2.16. The summed E-state index contributed by atoms with van der Waals surface area (Å²) in [5.74, 6) is -1.54. The molecular formula is C12H14F3NO4S. The summed E-state index contributed by atoms with van der Waals surface area (Å²) in [7, 11) is -4.19. The summed E-state index contributed by atoms with van der Waals surface area (Å²) in [6.07, 6.45) is -4.54. The molecule has 1 aromatic carbocycles. The highest BCUT2D eigenvalue weighted by molar-refractivity contribution is 7.90. The van der Waals surface area contributed by atoms with Crippen molar-refractivity contribution in [2.75, 3.05) is 0 Å². The Morgan fingerprint density at radius 3 is 2.33 bits per heavy atom. The first-order valence-corrected chi connectivity index (χ1v) is 7.41. The summed E-state index contributed by atoms with van der Waals surface area (Å²) < 4.78 is 63.3. The van der Waals surface area contributed by atoms with Crippen LogP contribution in [-0.4, -0.2) is 24.7 Å². The molecule has 2 unspecified atom stereocenters. The van der Waals surface area contributed by atoms with Crippen molar-refractivity contribution in [1.29, 1.82) is 0 Å². The van der Waals surface area contributed by atoms with Crippen LogP contribution in [0.5, 0.6) is 0 Å². The molecule has 2 atom stereocenters. The van der Waals surface area contributed by atoms with E-state index in [0.29, 0.717) is 0 Å². The maximum atomic E-state index is 12.6. The molecule has 1 aromatic rings. The molecule has 0 saturated carbocycles. The zero-order valence-electron chi connectivity index (χ0n) is 11.2. The molecule has 9 heteroatoms. The van der Waals surface area contributed by atoms with Crippen LogP contribution in [0.1, 0.15) is 31.0 Å². The number of halogens is 3. The molecule has 118 valence electrons. The Kier molecular flexibility index (Phi) is 5.00. The molecule has 21 heavy (non-hydrogen) atoms. The van der Waals surface area contributed by atoms with Crippen LogP contribution in [0.25, 0.3) is 0 Å². The molecule has 2 N–H and O–H groups in total. The number of carbonyl (C=O) groups is 1. The normalized spacial score (nSPS) is 15.5. The van der Waals surface area contributed by atoms with E-state index in [1.54, 1.807) is 0 Å². The summed E-state index contributed by atoms with van der Waals surface area (Å²) in [5, 5.41) is 6.98. The molecule has 0 radical (unpaired) electrons. The summed E-state index contributed by atoms with van der Waals surface area (Å²) >= 11 is 0. The molecule has 5 nitrogen and oxygen atoms in total. The maximum Gasteiger partial charge on any atom is 0.416 e. The van der Waals surface area contributed by atoms with Gasteiger partial charge in [-0.25, -0.2) is 13.1 Å². The van der Waals surface area contributed by atoms with Crippen molar-refractivity contribution in [3.05, 3.63) is 35.4 Å². The van der Waals surface area contributed by atoms with E-state index in [9.17, 15) is 26.4 Å². The Labute approximate surface area is 119 Å². The average Bonchev–Trinajstić information content (AvgIpc) is 2.36. The van der Waals surface area contributed by atoms with Gasteiger partial charge in [-0.3, -0.25) is 4.79 Å². The number of nitrogens with one attached hydrogen (secondary N) is 1. The second-order valence-electron chi connectivity index (χ2n) is 4.49. The van der Waals surface area contributed by atoms with Crippen LogP contribution in [0.4, 0.5) is 13.2 Å². The number of carboxylic acids is 1. The zero-order valence-corrected chi connectivity index (χ0v) is 12.0. The first-order chi connectivity index (χ1) is 9.45. The van der Waals surface area contributed by atoms with Gasteiger partial charge in [-0.2, -0.15) is 13.2 Å². The van der Waals surface area contributed by atoms with Crippen molar-refractivity contribution in [1.82, 2.24) is 4.72 Å². The van der Waals surface area contributed by atoms with E-state index in [-0.39, 0.29) is 5.56 Å². The van der Waals surface area contributed by atoms with Gasteiger partial charge in [-0.05, 0) is 31.5 Å². The van der Waals surface area contributed by atoms with E-state index in [0.717, 1.165) is 25.1 Å². The summed E-state index contributed by atoms with van der Waals surface area (Å²) in [6.45, 7) is 2.31. The fraction of sp³-hybridized carbons (Fsp3) is 0.417. The fourth-order valence-corrected chi connectivity index (χ4v) is 2.63. The van der Waals surface area contributed by atoms with Crippen LogP contribution in [-0.2, 0) is 21.0 Å². The van der Waals surface area contributed by atoms with Crippen LogP contribution in [0.3, 0.4) is 0 Å². The smallest absolute Gasteiger partial charge is 0.416 e. The lowest BCUT2D eigenvalue weighted by Gasteiger charge is -2.18. The zero-order chi connectivity index (χ0) is 16.4. The van der Waals surface area contributed by atoms with E-state index in [1.165, 1.54) is 13.0 Å². The molecule has 1 rings (SSSR count). The molecule has 0 spiro atoms. The first-order valence-electron chi connectivity index (χ1n) is 5.86. The minimum atomic E-state index is -4.54. The second kappa shape index (κ2) is 6.02. The van der Waals surface area contributed by atoms with Crippen LogP contribution < -0.4 is 4.72 Å². The van der Waals surface area contributed by atoms with Gasteiger partial charge in [0.1, 0.15) is 0 Å². The van der Waals surface area contributed by atoms with E-state index in [2.05, 4.69) is 4.72 Å². The van der Waals surface area contributed by atoms with Crippen LogP contribution in [0, 0.1) is 0 Å². The largest absolute Gasteiger partial charge is 0.480 e. The third kappa shape index (κ3) is 4.43.